The van der Waals surface area contributed by atoms with Crippen LogP contribution in [0.3, 0.4) is 0 Å². The van der Waals surface area contributed by atoms with Crippen LogP contribution in [-0.2, 0) is 9.53 Å². The highest BCUT2D eigenvalue weighted by molar-refractivity contribution is 5.70. The lowest BCUT2D eigenvalue weighted by molar-refractivity contribution is -0.191. The number of carbonyl (C=O) groups excluding carboxylic acids is 1. The summed E-state index contributed by atoms with van der Waals surface area (Å²) in [6.45, 7) is 4.43. The van der Waals surface area contributed by atoms with Crippen molar-refractivity contribution < 1.29 is 32.6 Å². The minimum Gasteiger partial charge on any atom is -0.481 e. The van der Waals surface area contributed by atoms with Gasteiger partial charge in [-0.05, 0) is 39.5 Å². The number of piperidine rings is 1. The number of rotatable bonds is 2. The third kappa shape index (κ3) is 5.43. The minimum atomic E-state index is -4.55. The zero-order valence-corrected chi connectivity index (χ0v) is 12.2. The molecule has 1 aliphatic heterocycles. The van der Waals surface area contributed by atoms with Crippen LogP contribution in [0.1, 0.15) is 40.0 Å². The van der Waals surface area contributed by atoms with Gasteiger partial charge in [-0.15, -0.1) is 0 Å². The van der Waals surface area contributed by atoms with Crippen LogP contribution in [0.2, 0.25) is 0 Å². The predicted octanol–water partition coefficient (Wildman–Crippen LogP) is 3.04. The summed E-state index contributed by atoms with van der Waals surface area (Å²) in [5, 5.41) is 8.75. The number of carboxylic acid groups (broad SMARTS) is 1. The lowest BCUT2D eigenvalue weighted by Gasteiger charge is -2.40. The van der Waals surface area contributed by atoms with Crippen LogP contribution in [0.4, 0.5) is 18.0 Å². The Morgan fingerprint density at radius 2 is 1.81 bits per heavy atom. The summed E-state index contributed by atoms with van der Waals surface area (Å²) in [5.74, 6) is -1.58. The van der Waals surface area contributed by atoms with Crippen LogP contribution < -0.4 is 0 Å². The van der Waals surface area contributed by atoms with E-state index in [4.69, 9.17) is 9.84 Å². The number of alkyl halides is 3. The molecule has 1 amide bonds. The summed E-state index contributed by atoms with van der Waals surface area (Å²) >= 11 is 0. The van der Waals surface area contributed by atoms with E-state index in [-0.39, 0.29) is 25.8 Å². The third-order valence-electron chi connectivity index (χ3n) is 3.15. The zero-order chi connectivity index (χ0) is 16.4. The number of aliphatic carboxylic acids is 1. The summed E-state index contributed by atoms with van der Waals surface area (Å²) in [4.78, 5) is 23.3. The monoisotopic (exact) mass is 311 g/mol. The third-order valence-corrected chi connectivity index (χ3v) is 3.15. The van der Waals surface area contributed by atoms with E-state index in [1.54, 1.807) is 20.8 Å². The van der Waals surface area contributed by atoms with E-state index >= 15 is 0 Å². The second-order valence-corrected chi connectivity index (χ2v) is 6.23. The van der Waals surface area contributed by atoms with E-state index in [0.29, 0.717) is 4.90 Å². The number of amides is 1. The molecule has 0 radical (unpaired) electrons. The molecule has 5 nitrogen and oxygen atoms in total. The molecule has 1 aliphatic rings. The molecule has 2 atom stereocenters. The zero-order valence-electron chi connectivity index (χ0n) is 12.2. The highest BCUT2D eigenvalue weighted by Gasteiger charge is 2.49. The molecule has 0 aromatic carbocycles. The van der Waals surface area contributed by atoms with Crippen LogP contribution in [0.25, 0.3) is 0 Å². The molecular weight excluding hydrogens is 291 g/mol. The normalized spacial score (nSPS) is 23.8. The highest BCUT2D eigenvalue weighted by atomic mass is 19.4. The molecule has 1 fully saturated rings. The molecule has 1 saturated heterocycles. The van der Waals surface area contributed by atoms with Gasteiger partial charge in [0.15, 0.2) is 0 Å². The first-order valence-corrected chi connectivity index (χ1v) is 6.68. The lowest BCUT2D eigenvalue weighted by atomic mass is 9.90. The number of nitrogens with zero attached hydrogens (tertiary/aromatic N) is 1. The van der Waals surface area contributed by atoms with Crippen LogP contribution >= 0.6 is 0 Å². The summed E-state index contributed by atoms with van der Waals surface area (Å²) in [5.41, 5.74) is -0.910. The van der Waals surface area contributed by atoms with Gasteiger partial charge in [-0.1, -0.05) is 0 Å². The van der Waals surface area contributed by atoms with Crippen LogP contribution in [0.5, 0.6) is 0 Å². The van der Waals surface area contributed by atoms with Gasteiger partial charge in [-0.2, -0.15) is 13.2 Å². The number of hydrogen-bond donors (Lipinski definition) is 1. The summed E-state index contributed by atoms with van der Waals surface area (Å²) < 4.78 is 44.0. The molecule has 1 heterocycles. The quantitative estimate of drug-likeness (QED) is 0.851. The Kier molecular flexibility index (Phi) is 5.11. The fourth-order valence-electron chi connectivity index (χ4n) is 2.32. The Balaban J connectivity index is 2.88. The van der Waals surface area contributed by atoms with Crippen molar-refractivity contribution in [2.75, 3.05) is 6.54 Å². The van der Waals surface area contributed by atoms with Crippen molar-refractivity contribution in [3.8, 4) is 0 Å². The first-order valence-electron chi connectivity index (χ1n) is 6.68. The van der Waals surface area contributed by atoms with Gasteiger partial charge in [-0.3, -0.25) is 9.69 Å². The first-order chi connectivity index (χ1) is 9.40. The molecule has 0 aromatic heterocycles. The summed E-state index contributed by atoms with van der Waals surface area (Å²) in [7, 11) is 0. The molecule has 21 heavy (non-hydrogen) atoms. The Morgan fingerprint density at radius 1 is 1.24 bits per heavy atom. The Morgan fingerprint density at radius 3 is 2.24 bits per heavy atom. The second-order valence-electron chi connectivity index (χ2n) is 6.23. The van der Waals surface area contributed by atoms with Crippen molar-refractivity contribution in [3.05, 3.63) is 0 Å². The van der Waals surface area contributed by atoms with Crippen molar-refractivity contribution in [1.82, 2.24) is 4.90 Å². The molecular formula is C13H20F3NO4. The molecule has 0 aliphatic carbocycles. The van der Waals surface area contributed by atoms with E-state index in [1.165, 1.54) is 0 Å². The maximum Gasteiger partial charge on any atom is 0.410 e. The number of carbonyl (C=O) groups is 2. The van der Waals surface area contributed by atoms with Crippen LogP contribution in [-0.4, -0.2) is 46.4 Å². The molecule has 0 spiro atoms. The molecule has 8 heteroatoms. The average molecular weight is 311 g/mol. The maximum atomic E-state index is 13.0. The van der Waals surface area contributed by atoms with E-state index < -0.39 is 35.8 Å². The number of halogens is 3. The Bertz CT molecular complexity index is 403. The van der Waals surface area contributed by atoms with Gasteiger partial charge < -0.3 is 9.84 Å². The minimum absolute atomic E-state index is 0.121. The van der Waals surface area contributed by atoms with Crippen LogP contribution in [0, 0.1) is 5.92 Å². The standard InChI is InChI=1S/C13H20F3NO4/c1-12(2,3)21-11(20)17-7-8(6-10(18)19)4-5-9(17)13(14,15)16/h8-9H,4-7H2,1-3H3,(H,18,19). The molecule has 122 valence electrons. The van der Waals surface area contributed by atoms with Gasteiger partial charge in [0.2, 0.25) is 0 Å². The smallest absolute Gasteiger partial charge is 0.410 e. The fraction of sp³-hybridized carbons (Fsp3) is 0.846. The summed E-state index contributed by atoms with van der Waals surface area (Å²) in [6, 6.07) is -1.92. The number of hydrogen-bond acceptors (Lipinski definition) is 3. The topological polar surface area (TPSA) is 66.8 Å². The highest BCUT2D eigenvalue weighted by Crippen LogP contribution is 2.35. The first kappa shape index (κ1) is 17.6. The molecule has 0 saturated carbocycles. The molecule has 0 aromatic rings. The predicted molar refractivity (Wildman–Crippen MR) is 67.8 cm³/mol. The van der Waals surface area contributed by atoms with E-state index in [9.17, 15) is 22.8 Å². The second kappa shape index (κ2) is 6.11. The largest absolute Gasteiger partial charge is 0.481 e. The average Bonchev–Trinajstić information content (AvgIpc) is 2.24. The van der Waals surface area contributed by atoms with Crippen molar-refractivity contribution in [2.24, 2.45) is 5.92 Å². The summed E-state index contributed by atoms with van der Waals surface area (Å²) in [6.07, 6.45) is -6.05. The SMILES string of the molecule is CC(C)(C)OC(=O)N1CC(CC(=O)O)CCC1C(F)(F)F. The number of ether oxygens (including phenoxy) is 1. The van der Waals surface area contributed by atoms with Gasteiger partial charge in [0.25, 0.3) is 0 Å². The van der Waals surface area contributed by atoms with Crippen molar-refractivity contribution in [1.29, 1.82) is 0 Å². The van der Waals surface area contributed by atoms with E-state index in [2.05, 4.69) is 0 Å². The van der Waals surface area contributed by atoms with E-state index in [1.807, 2.05) is 0 Å². The van der Waals surface area contributed by atoms with Gasteiger partial charge in [0, 0.05) is 13.0 Å². The van der Waals surface area contributed by atoms with Crippen molar-refractivity contribution in [2.45, 2.75) is 57.9 Å². The lowest BCUT2D eigenvalue weighted by Crippen LogP contribution is -2.54. The van der Waals surface area contributed by atoms with Gasteiger partial charge >= 0.3 is 18.2 Å². The Hall–Kier alpha value is -1.47. The maximum absolute atomic E-state index is 13.0. The fourth-order valence-corrected chi connectivity index (χ4v) is 2.32. The number of likely N-dealkylation sites (tertiary alicyclic amines) is 1. The molecule has 2 unspecified atom stereocenters. The van der Waals surface area contributed by atoms with Gasteiger partial charge in [0.1, 0.15) is 11.6 Å². The van der Waals surface area contributed by atoms with Gasteiger partial charge in [0.05, 0.1) is 0 Å². The molecule has 1 rings (SSSR count). The Labute approximate surface area is 121 Å². The van der Waals surface area contributed by atoms with Crippen molar-refractivity contribution in [3.63, 3.8) is 0 Å². The molecule has 0 bridgehead atoms. The molecule has 1 N–H and O–H groups in total. The van der Waals surface area contributed by atoms with Crippen LogP contribution in [0.15, 0.2) is 0 Å². The van der Waals surface area contributed by atoms with Crippen molar-refractivity contribution >= 4 is 12.1 Å². The van der Waals surface area contributed by atoms with E-state index in [0.717, 1.165) is 0 Å². The number of carboxylic acids is 1. The van der Waals surface area contributed by atoms with Gasteiger partial charge in [-0.25, -0.2) is 4.79 Å².